The lowest BCUT2D eigenvalue weighted by Crippen LogP contribution is -2.30. The Morgan fingerprint density at radius 1 is 1.56 bits per heavy atom. The number of anilines is 1. The van der Waals surface area contributed by atoms with Crippen molar-refractivity contribution >= 4 is 22.4 Å². The molecular formula is C12H17N3O2S. The molecule has 2 aliphatic rings. The van der Waals surface area contributed by atoms with Gasteiger partial charge in [-0.2, -0.15) is 0 Å². The summed E-state index contributed by atoms with van der Waals surface area (Å²) < 4.78 is 5.33. The van der Waals surface area contributed by atoms with Gasteiger partial charge in [0, 0.05) is 31.0 Å². The number of carbonyl (C=O) groups is 1. The molecule has 0 radical (unpaired) electrons. The Bertz CT molecular complexity index is 417. The summed E-state index contributed by atoms with van der Waals surface area (Å²) in [6, 6.07) is 0. The number of fused-ring (bicyclic) bond motifs is 1. The molecule has 98 valence electrons. The third-order valence-corrected chi connectivity index (χ3v) is 4.38. The predicted molar refractivity (Wildman–Crippen MR) is 69.7 cm³/mol. The van der Waals surface area contributed by atoms with Crippen LogP contribution >= 0.6 is 11.3 Å². The Morgan fingerprint density at radius 3 is 3.28 bits per heavy atom. The Hall–Kier alpha value is -0.980. The summed E-state index contributed by atoms with van der Waals surface area (Å²) in [5.41, 5.74) is 1.13. The van der Waals surface area contributed by atoms with Crippen molar-refractivity contribution < 1.29 is 9.53 Å². The lowest BCUT2D eigenvalue weighted by molar-refractivity contribution is -0.123. The number of carbonyl (C=O) groups excluding carboxylic acids is 1. The van der Waals surface area contributed by atoms with Gasteiger partial charge in [0.15, 0.2) is 5.13 Å². The van der Waals surface area contributed by atoms with Crippen LogP contribution in [-0.4, -0.2) is 30.6 Å². The summed E-state index contributed by atoms with van der Waals surface area (Å²) in [7, 11) is 0. The van der Waals surface area contributed by atoms with E-state index in [1.54, 1.807) is 11.3 Å². The first-order valence-corrected chi connectivity index (χ1v) is 7.22. The van der Waals surface area contributed by atoms with Gasteiger partial charge < -0.3 is 15.4 Å². The summed E-state index contributed by atoms with van der Waals surface area (Å²) >= 11 is 1.58. The van der Waals surface area contributed by atoms with E-state index in [0.29, 0.717) is 6.61 Å². The minimum atomic E-state index is -0.0159. The monoisotopic (exact) mass is 267 g/mol. The van der Waals surface area contributed by atoms with Crippen LogP contribution in [0.25, 0.3) is 0 Å². The molecule has 1 atom stereocenters. The molecule has 0 aliphatic carbocycles. The average molecular weight is 267 g/mol. The Morgan fingerprint density at radius 2 is 2.50 bits per heavy atom. The molecule has 5 nitrogen and oxygen atoms in total. The van der Waals surface area contributed by atoms with Gasteiger partial charge in [-0.05, 0) is 12.8 Å². The first-order valence-electron chi connectivity index (χ1n) is 6.41. The lowest BCUT2D eigenvalue weighted by Gasteiger charge is -2.20. The highest BCUT2D eigenvalue weighted by Gasteiger charge is 2.23. The maximum atomic E-state index is 12.0. The van der Waals surface area contributed by atoms with E-state index in [1.807, 2.05) is 0 Å². The molecule has 0 aromatic carbocycles. The lowest BCUT2D eigenvalue weighted by atomic mass is 10.0. The number of hydrogen-bond donors (Lipinski definition) is 2. The van der Waals surface area contributed by atoms with Crippen LogP contribution in [0.2, 0.25) is 0 Å². The quantitative estimate of drug-likeness (QED) is 0.844. The normalized spacial score (nSPS) is 23.4. The van der Waals surface area contributed by atoms with E-state index >= 15 is 0 Å². The van der Waals surface area contributed by atoms with Crippen LogP contribution in [0.4, 0.5) is 5.13 Å². The highest BCUT2D eigenvalue weighted by Crippen LogP contribution is 2.26. The molecule has 6 heteroatoms. The number of hydrogen-bond acceptors (Lipinski definition) is 5. The zero-order valence-corrected chi connectivity index (χ0v) is 11.0. The molecule has 0 spiro atoms. The van der Waals surface area contributed by atoms with E-state index < -0.39 is 0 Å². The summed E-state index contributed by atoms with van der Waals surface area (Å²) in [4.78, 5) is 17.8. The van der Waals surface area contributed by atoms with E-state index in [9.17, 15) is 4.79 Å². The van der Waals surface area contributed by atoms with Gasteiger partial charge in [0.1, 0.15) is 0 Å². The van der Waals surface area contributed by atoms with Crippen LogP contribution in [-0.2, 0) is 22.5 Å². The molecule has 1 aromatic heterocycles. The minimum absolute atomic E-state index is 0.0159. The Kier molecular flexibility index (Phi) is 3.58. The fourth-order valence-electron chi connectivity index (χ4n) is 2.33. The van der Waals surface area contributed by atoms with Gasteiger partial charge in [-0.25, -0.2) is 4.98 Å². The second-order valence-corrected chi connectivity index (χ2v) is 5.80. The van der Waals surface area contributed by atoms with Crippen molar-refractivity contribution in [3.05, 3.63) is 10.6 Å². The number of rotatable bonds is 2. The summed E-state index contributed by atoms with van der Waals surface area (Å²) in [6.45, 7) is 3.16. The van der Waals surface area contributed by atoms with Gasteiger partial charge in [0.25, 0.3) is 0 Å². The molecule has 1 aromatic rings. The summed E-state index contributed by atoms with van der Waals surface area (Å²) in [5, 5.41) is 6.97. The number of nitrogens with one attached hydrogen (secondary N) is 2. The van der Waals surface area contributed by atoms with Gasteiger partial charge in [0.2, 0.25) is 5.91 Å². The first-order chi connectivity index (χ1) is 8.83. The van der Waals surface area contributed by atoms with E-state index in [-0.39, 0.29) is 11.8 Å². The van der Waals surface area contributed by atoms with Crippen molar-refractivity contribution in [2.45, 2.75) is 25.8 Å². The van der Waals surface area contributed by atoms with Crippen molar-refractivity contribution in [3.8, 4) is 0 Å². The molecule has 1 saturated heterocycles. The number of aromatic nitrogens is 1. The molecule has 1 unspecified atom stereocenters. The van der Waals surface area contributed by atoms with E-state index in [2.05, 4.69) is 15.6 Å². The summed E-state index contributed by atoms with van der Waals surface area (Å²) in [5.74, 6) is 0.0339. The average Bonchev–Trinajstić information content (AvgIpc) is 2.82. The van der Waals surface area contributed by atoms with Crippen LogP contribution in [0.1, 0.15) is 23.4 Å². The fourth-order valence-corrected chi connectivity index (χ4v) is 3.31. The Balaban J connectivity index is 1.64. The first kappa shape index (κ1) is 12.1. The largest absolute Gasteiger partial charge is 0.381 e. The second kappa shape index (κ2) is 5.34. The summed E-state index contributed by atoms with van der Waals surface area (Å²) in [6.07, 6.45) is 2.84. The van der Waals surface area contributed by atoms with Crippen molar-refractivity contribution in [2.24, 2.45) is 5.92 Å². The molecule has 3 heterocycles. The number of thiazole rings is 1. The van der Waals surface area contributed by atoms with Crippen molar-refractivity contribution in [3.63, 3.8) is 0 Å². The maximum absolute atomic E-state index is 12.0. The van der Waals surface area contributed by atoms with Crippen molar-refractivity contribution in [2.75, 3.05) is 25.1 Å². The highest BCUT2D eigenvalue weighted by molar-refractivity contribution is 7.15. The van der Waals surface area contributed by atoms with E-state index in [4.69, 9.17) is 4.74 Å². The Labute approximate surface area is 110 Å². The molecule has 0 saturated carbocycles. The molecular weight excluding hydrogens is 250 g/mol. The van der Waals surface area contributed by atoms with Crippen LogP contribution in [0, 0.1) is 5.92 Å². The van der Waals surface area contributed by atoms with Crippen molar-refractivity contribution in [1.29, 1.82) is 0 Å². The van der Waals surface area contributed by atoms with Crippen LogP contribution in [0.15, 0.2) is 0 Å². The SMILES string of the molecule is O=C(Nc1nc2c(s1)CNCC2)C1CCCOC1. The molecule has 2 aliphatic heterocycles. The second-order valence-electron chi connectivity index (χ2n) is 4.72. The topological polar surface area (TPSA) is 63.2 Å². The number of amides is 1. The van der Waals surface area contributed by atoms with Crippen LogP contribution in [0.3, 0.4) is 0 Å². The fraction of sp³-hybridized carbons (Fsp3) is 0.667. The minimum Gasteiger partial charge on any atom is -0.381 e. The van der Waals surface area contributed by atoms with Gasteiger partial charge in [0.05, 0.1) is 18.2 Å². The highest BCUT2D eigenvalue weighted by atomic mass is 32.1. The standard InChI is InChI=1S/C12H17N3O2S/c16-11(8-2-1-5-17-7-8)15-12-14-9-3-4-13-6-10(9)18-12/h8,13H,1-7H2,(H,14,15,16). The van der Waals surface area contributed by atoms with Crippen LogP contribution in [0.5, 0.6) is 0 Å². The van der Waals surface area contributed by atoms with Crippen LogP contribution < -0.4 is 10.6 Å². The third-order valence-electron chi connectivity index (χ3n) is 3.36. The molecule has 2 N–H and O–H groups in total. The van der Waals surface area contributed by atoms with Gasteiger partial charge in [-0.1, -0.05) is 0 Å². The third kappa shape index (κ3) is 2.55. The van der Waals surface area contributed by atoms with Gasteiger partial charge >= 0.3 is 0 Å². The van der Waals surface area contributed by atoms with Gasteiger partial charge in [-0.3, -0.25) is 4.79 Å². The maximum Gasteiger partial charge on any atom is 0.231 e. The predicted octanol–water partition coefficient (Wildman–Crippen LogP) is 1.15. The molecule has 18 heavy (non-hydrogen) atoms. The smallest absolute Gasteiger partial charge is 0.231 e. The number of nitrogens with zero attached hydrogens (tertiary/aromatic N) is 1. The number of ether oxygens (including phenoxy) is 1. The van der Waals surface area contributed by atoms with E-state index in [0.717, 1.165) is 49.8 Å². The molecule has 3 rings (SSSR count). The zero-order chi connectivity index (χ0) is 12.4. The van der Waals surface area contributed by atoms with Gasteiger partial charge in [-0.15, -0.1) is 11.3 Å². The van der Waals surface area contributed by atoms with E-state index in [1.165, 1.54) is 4.88 Å². The molecule has 0 bridgehead atoms. The molecule has 1 amide bonds. The van der Waals surface area contributed by atoms with Crippen molar-refractivity contribution in [1.82, 2.24) is 10.3 Å². The zero-order valence-electron chi connectivity index (χ0n) is 10.2. The molecule has 1 fully saturated rings.